The predicted molar refractivity (Wildman–Crippen MR) is 80.5 cm³/mol. The average Bonchev–Trinajstić information content (AvgIpc) is 2.39. The van der Waals surface area contributed by atoms with Crippen molar-refractivity contribution in [3.05, 3.63) is 34.9 Å². The number of nitrogens with one attached hydrogen (secondary N) is 1. The number of amides is 1. The first kappa shape index (κ1) is 16.0. The summed E-state index contributed by atoms with van der Waals surface area (Å²) in [7, 11) is 3.73. The Labute approximate surface area is 120 Å². The standard InChI is InChI=1S/C15H23ClN2O/c1-11(10-17-3)15(19)18(4)12(2)9-13-5-7-14(16)8-6-13/h5-8,11-12,17H,9-10H2,1-4H3. The summed E-state index contributed by atoms with van der Waals surface area (Å²) in [4.78, 5) is 14.0. The third-order valence-corrected chi connectivity index (χ3v) is 3.64. The van der Waals surface area contributed by atoms with Crippen LogP contribution < -0.4 is 5.32 Å². The first-order valence-electron chi connectivity index (χ1n) is 6.61. The molecule has 1 N–H and O–H groups in total. The SMILES string of the molecule is CNCC(C)C(=O)N(C)C(C)Cc1ccc(Cl)cc1. The molecule has 0 fully saturated rings. The fraction of sp³-hybridized carbons (Fsp3) is 0.533. The van der Waals surface area contributed by atoms with E-state index < -0.39 is 0 Å². The molecule has 0 aliphatic heterocycles. The lowest BCUT2D eigenvalue weighted by Crippen LogP contribution is -2.41. The molecular weight excluding hydrogens is 260 g/mol. The molecule has 2 atom stereocenters. The maximum Gasteiger partial charge on any atom is 0.226 e. The van der Waals surface area contributed by atoms with Gasteiger partial charge in [-0.3, -0.25) is 4.79 Å². The van der Waals surface area contributed by atoms with E-state index >= 15 is 0 Å². The molecule has 0 heterocycles. The van der Waals surface area contributed by atoms with E-state index in [9.17, 15) is 4.79 Å². The van der Waals surface area contributed by atoms with Crippen molar-refractivity contribution in [1.29, 1.82) is 0 Å². The minimum atomic E-state index is 0.00247. The van der Waals surface area contributed by atoms with Crippen LogP contribution in [0.25, 0.3) is 0 Å². The number of rotatable bonds is 6. The molecule has 0 radical (unpaired) electrons. The van der Waals surface area contributed by atoms with Crippen LogP contribution in [0.15, 0.2) is 24.3 Å². The number of halogens is 1. The summed E-state index contributed by atoms with van der Waals surface area (Å²) in [6, 6.07) is 7.96. The van der Waals surface area contributed by atoms with Gasteiger partial charge in [-0.15, -0.1) is 0 Å². The second-order valence-electron chi connectivity index (χ2n) is 5.09. The lowest BCUT2D eigenvalue weighted by Gasteiger charge is -2.28. The molecule has 106 valence electrons. The van der Waals surface area contributed by atoms with Crippen LogP contribution in [0.2, 0.25) is 5.02 Å². The largest absolute Gasteiger partial charge is 0.342 e. The third kappa shape index (κ3) is 4.84. The summed E-state index contributed by atoms with van der Waals surface area (Å²) in [5.74, 6) is 0.179. The number of hydrogen-bond acceptors (Lipinski definition) is 2. The maximum atomic E-state index is 12.2. The average molecular weight is 283 g/mol. The van der Waals surface area contributed by atoms with Gasteiger partial charge in [0.15, 0.2) is 0 Å². The highest BCUT2D eigenvalue weighted by Gasteiger charge is 2.21. The van der Waals surface area contributed by atoms with Crippen molar-refractivity contribution in [3.8, 4) is 0 Å². The van der Waals surface area contributed by atoms with Gasteiger partial charge in [0, 0.05) is 30.6 Å². The van der Waals surface area contributed by atoms with Crippen molar-refractivity contribution in [2.24, 2.45) is 5.92 Å². The van der Waals surface area contributed by atoms with Crippen LogP contribution in [0, 0.1) is 5.92 Å². The minimum absolute atomic E-state index is 0.00247. The first-order chi connectivity index (χ1) is 8.95. The maximum absolute atomic E-state index is 12.2. The Morgan fingerprint density at radius 2 is 1.89 bits per heavy atom. The monoisotopic (exact) mass is 282 g/mol. The number of carbonyl (C=O) groups excluding carboxylic acids is 1. The Kier molecular flexibility index (Phi) is 6.32. The number of benzene rings is 1. The molecule has 0 aromatic heterocycles. The molecule has 3 nitrogen and oxygen atoms in total. The lowest BCUT2D eigenvalue weighted by atomic mass is 10.0. The van der Waals surface area contributed by atoms with Crippen LogP contribution in [-0.4, -0.2) is 37.5 Å². The van der Waals surface area contributed by atoms with E-state index in [0.717, 1.165) is 11.4 Å². The van der Waals surface area contributed by atoms with Gasteiger partial charge in [-0.05, 0) is 38.1 Å². The Morgan fingerprint density at radius 1 is 1.32 bits per heavy atom. The molecular formula is C15H23ClN2O. The van der Waals surface area contributed by atoms with Gasteiger partial charge in [-0.25, -0.2) is 0 Å². The van der Waals surface area contributed by atoms with E-state index in [2.05, 4.69) is 12.2 Å². The molecule has 1 rings (SSSR count). The van der Waals surface area contributed by atoms with Crippen LogP contribution in [0.1, 0.15) is 19.4 Å². The summed E-state index contributed by atoms with van der Waals surface area (Å²) < 4.78 is 0. The zero-order valence-corrected chi connectivity index (χ0v) is 12.9. The fourth-order valence-electron chi connectivity index (χ4n) is 2.06. The topological polar surface area (TPSA) is 32.3 Å². The van der Waals surface area contributed by atoms with E-state index in [1.54, 1.807) is 0 Å². The van der Waals surface area contributed by atoms with E-state index in [4.69, 9.17) is 11.6 Å². The third-order valence-electron chi connectivity index (χ3n) is 3.39. The van der Waals surface area contributed by atoms with Crippen molar-refractivity contribution in [2.45, 2.75) is 26.3 Å². The molecule has 0 aliphatic carbocycles. The first-order valence-corrected chi connectivity index (χ1v) is 6.99. The Bertz CT molecular complexity index is 405. The highest BCUT2D eigenvalue weighted by molar-refractivity contribution is 6.30. The molecule has 0 bridgehead atoms. The van der Waals surface area contributed by atoms with Gasteiger partial charge in [0.2, 0.25) is 5.91 Å². The molecule has 1 aromatic carbocycles. The van der Waals surface area contributed by atoms with Gasteiger partial charge in [0.25, 0.3) is 0 Å². The molecule has 0 saturated carbocycles. The second kappa shape index (κ2) is 7.51. The minimum Gasteiger partial charge on any atom is -0.342 e. The highest BCUT2D eigenvalue weighted by atomic mass is 35.5. The van der Waals surface area contributed by atoms with Gasteiger partial charge >= 0.3 is 0 Å². The van der Waals surface area contributed by atoms with Gasteiger partial charge in [0.1, 0.15) is 0 Å². The summed E-state index contributed by atoms with van der Waals surface area (Å²) in [5.41, 5.74) is 1.19. The van der Waals surface area contributed by atoms with E-state index in [1.807, 2.05) is 50.2 Å². The lowest BCUT2D eigenvalue weighted by molar-refractivity contribution is -0.135. The molecule has 0 saturated heterocycles. The normalized spacial score (nSPS) is 13.9. The van der Waals surface area contributed by atoms with Gasteiger partial charge in [-0.2, -0.15) is 0 Å². The number of hydrogen-bond donors (Lipinski definition) is 1. The summed E-state index contributed by atoms with van der Waals surface area (Å²) in [5, 5.41) is 3.78. The van der Waals surface area contributed by atoms with Crippen LogP contribution in [0.5, 0.6) is 0 Å². The Morgan fingerprint density at radius 3 is 2.42 bits per heavy atom. The van der Waals surface area contributed by atoms with E-state index in [1.165, 1.54) is 5.56 Å². The van der Waals surface area contributed by atoms with Crippen LogP contribution in [0.3, 0.4) is 0 Å². The van der Waals surface area contributed by atoms with Crippen molar-refractivity contribution < 1.29 is 4.79 Å². The molecule has 0 spiro atoms. The molecule has 4 heteroatoms. The smallest absolute Gasteiger partial charge is 0.226 e. The zero-order chi connectivity index (χ0) is 14.4. The van der Waals surface area contributed by atoms with Crippen molar-refractivity contribution in [2.75, 3.05) is 20.6 Å². The Hall–Kier alpha value is -1.06. The number of carbonyl (C=O) groups is 1. The Balaban J connectivity index is 2.59. The van der Waals surface area contributed by atoms with Crippen molar-refractivity contribution in [1.82, 2.24) is 10.2 Å². The number of likely N-dealkylation sites (N-methyl/N-ethyl adjacent to an activating group) is 1. The molecule has 2 unspecified atom stereocenters. The highest BCUT2D eigenvalue weighted by Crippen LogP contribution is 2.14. The predicted octanol–water partition coefficient (Wildman–Crippen LogP) is 2.58. The van der Waals surface area contributed by atoms with Gasteiger partial charge < -0.3 is 10.2 Å². The summed E-state index contributed by atoms with van der Waals surface area (Å²) in [6.07, 6.45) is 0.839. The molecule has 0 aliphatic rings. The molecule has 1 aromatic rings. The van der Waals surface area contributed by atoms with Crippen LogP contribution >= 0.6 is 11.6 Å². The zero-order valence-electron chi connectivity index (χ0n) is 12.1. The van der Waals surface area contributed by atoms with Crippen molar-refractivity contribution in [3.63, 3.8) is 0 Å². The van der Waals surface area contributed by atoms with Crippen LogP contribution in [-0.2, 0) is 11.2 Å². The quantitative estimate of drug-likeness (QED) is 0.870. The summed E-state index contributed by atoms with van der Waals surface area (Å²) in [6.45, 7) is 4.72. The van der Waals surface area contributed by atoms with E-state index in [-0.39, 0.29) is 17.9 Å². The van der Waals surface area contributed by atoms with Crippen molar-refractivity contribution >= 4 is 17.5 Å². The van der Waals surface area contributed by atoms with Crippen LogP contribution in [0.4, 0.5) is 0 Å². The molecule has 19 heavy (non-hydrogen) atoms. The second-order valence-corrected chi connectivity index (χ2v) is 5.52. The molecule has 1 amide bonds. The summed E-state index contributed by atoms with van der Waals surface area (Å²) >= 11 is 5.87. The fourth-order valence-corrected chi connectivity index (χ4v) is 2.18. The van der Waals surface area contributed by atoms with E-state index in [0.29, 0.717) is 6.54 Å². The number of nitrogens with zero attached hydrogens (tertiary/aromatic N) is 1. The van der Waals surface area contributed by atoms with Gasteiger partial charge in [-0.1, -0.05) is 30.7 Å². The van der Waals surface area contributed by atoms with Gasteiger partial charge in [0.05, 0.1) is 0 Å².